The van der Waals surface area contributed by atoms with E-state index in [1.807, 2.05) is 19.1 Å². The molecular formula is C18H31NO2. The van der Waals surface area contributed by atoms with Gasteiger partial charge in [0, 0.05) is 0 Å². The Hall–Kier alpha value is -1.06. The molecule has 3 heteroatoms. The summed E-state index contributed by atoms with van der Waals surface area (Å²) in [6.45, 7) is 5.01. The van der Waals surface area contributed by atoms with Gasteiger partial charge in [0.1, 0.15) is 12.0 Å². The third kappa shape index (κ3) is 8.08. The maximum Gasteiger partial charge on any atom is 0.119 e. The van der Waals surface area contributed by atoms with Crippen LogP contribution in [0, 0.1) is 5.92 Å². The van der Waals surface area contributed by atoms with Gasteiger partial charge in [0.25, 0.3) is 0 Å². The molecule has 0 fully saturated rings. The first-order valence-corrected chi connectivity index (χ1v) is 8.29. The van der Waals surface area contributed by atoms with E-state index >= 15 is 0 Å². The van der Waals surface area contributed by atoms with Crippen molar-refractivity contribution >= 4 is 0 Å². The number of hydrogen-bond acceptors (Lipinski definition) is 3. The second-order valence-electron chi connectivity index (χ2n) is 5.91. The van der Waals surface area contributed by atoms with Gasteiger partial charge in [-0.15, -0.1) is 0 Å². The fraction of sp³-hybridized carbons (Fsp3) is 0.667. The highest BCUT2D eigenvalue weighted by atomic mass is 16.5. The van der Waals surface area contributed by atoms with Crippen LogP contribution in [0.25, 0.3) is 0 Å². The van der Waals surface area contributed by atoms with Gasteiger partial charge in [-0.2, -0.15) is 0 Å². The Morgan fingerprint density at radius 3 is 2.38 bits per heavy atom. The van der Waals surface area contributed by atoms with E-state index in [1.165, 1.54) is 31.2 Å². The molecule has 1 aromatic rings. The van der Waals surface area contributed by atoms with Gasteiger partial charge in [-0.05, 0) is 42.9 Å². The first kappa shape index (κ1) is 18.0. The average molecular weight is 293 g/mol. The van der Waals surface area contributed by atoms with Crippen molar-refractivity contribution < 1.29 is 9.84 Å². The molecule has 1 rings (SSSR count). The van der Waals surface area contributed by atoms with Crippen molar-refractivity contribution in [2.75, 3.05) is 6.61 Å². The number of unbranched alkanes of at least 4 members (excludes halogenated alkanes) is 4. The van der Waals surface area contributed by atoms with Crippen molar-refractivity contribution in [1.82, 2.24) is 0 Å². The summed E-state index contributed by atoms with van der Waals surface area (Å²) in [4.78, 5) is 0. The van der Waals surface area contributed by atoms with Crippen molar-refractivity contribution in [3.63, 3.8) is 0 Å². The molecule has 0 aliphatic carbocycles. The largest absolute Gasteiger partial charge is 0.494 e. The van der Waals surface area contributed by atoms with Crippen LogP contribution in [0.3, 0.4) is 0 Å². The minimum Gasteiger partial charge on any atom is -0.494 e. The van der Waals surface area contributed by atoms with Gasteiger partial charge in [-0.25, -0.2) is 0 Å². The van der Waals surface area contributed by atoms with Crippen LogP contribution in [0.2, 0.25) is 0 Å². The SMILES string of the molecule is CCCCCCCOc1ccc(CCC(C)C(N)O)cc1. The van der Waals surface area contributed by atoms with Gasteiger partial charge in [0.05, 0.1) is 6.61 Å². The van der Waals surface area contributed by atoms with Crippen molar-refractivity contribution in [3.8, 4) is 5.75 Å². The zero-order valence-electron chi connectivity index (χ0n) is 13.6. The number of nitrogens with two attached hydrogens (primary N) is 1. The molecule has 0 aromatic heterocycles. The van der Waals surface area contributed by atoms with Gasteiger partial charge in [-0.3, -0.25) is 0 Å². The molecule has 2 unspecified atom stereocenters. The van der Waals surface area contributed by atoms with E-state index in [9.17, 15) is 5.11 Å². The van der Waals surface area contributed by atoms with Crippen molar-refractivity contribution in [3.05, 3.63) is 29.8 Å². The molecular weight excluding hydrogens is 262 g/mol. The topological polar surface area (TPSA) is 55.5 Å². The Morgan fingerprint density at radius 1 is 1.10 bits per heavy atom. The summed E-state index contributed by atoms with van der Waals surface area (Å²) in [7, 11) is 0. The lowest BCUT2D eigenvalue weighted by molar-refractivity contribution is 0.118. The Bertz CT molecular complexity index is 362. The predicted octanol–water partition coefficient (Wildman–Crippen LogP) is 3.88. The van der Waals surface area contributed by atoms with E-state index < -0.39 is 6.23 Å². The summed E-state index contributed by atoms with van der Waals surface area (Å²) in [6, 6.07) is 8.26. The van der Waals surface area contributed by atoms with Gasteiger partial charge >= 0.3 is 0 Å². The summed E-state index contributed by atoms with van der Waals surface area (Å²) in [5.41, 5.74) is 6.72. The second kappa shape index (κ2) is 10.6. The van der Waals surface area contributed by atoms with E-state index in [0.29, 0.717) is 0 Å². The number of aliphatic hydroxyl groups is 1. The third-order valence-corrected chi connectivity index (χ3v) is 3.91. The molecule has 0 spiro atoms. The van der Waals surface area contributed by atoms with E-state index in [4.69, 9.17) is 10.5 Å². The smallest absolute Gasteiger partial charge is 0.119 e. The van der Waals surface area contributed by atoms with Crippen LogP contribution in [0.5, 0.6) is 5.75 Å². The summed E-state index contributed by atoms with van der Waals surface area (Å²) >= 11 is 0. The molecule has 21 heavy (non-hydrogen) atoms. The Labute approximate surface area is 129 Å². The molecule has 3 nitrogen and oxygen atoms in total. The molecule has 3 N–H and O–H groups in total. The average Bonchev–Trinajstić information content (AvgIpc) is 2.49. The first-order valence-electron chi connectivity index (χ1n) is 8.29. The zero-order valence-corrected chi connectivity index (χ0v) is 13.6. The van der Waals surface area contributed by atoms with Crippen molar-refractivity contribution in [2.24, 2.45) is 11.7 Å². The van der Waals surface area contributed by atoms with Gasteiger partial charge in [0.15, 0.2) is 0 Å². The monoisotopic (exact) mass is 293 g/mol. The predicted molar refractivity (Wildman–Crippen MR) is 88.4 cm³/mol. The molecule has 0 radical (unpaired) electrons. The minimum atomic E-state index is -0.722. The molecule has 0 aliphatic rings. The van der Waals surface area contributed by atoms with Crippen LogP contribution in [-0.2, 0) is 6.42 Å². The normalized spacial score (nSPS) is 13.9. The Kier molecular flexibility index (Phi) is 9.11. The van der Waals surface area contributed by atoms with E-state index in [0.717, 1.165) is 31.6 Å². The molecule has 0 saturated carbocycles. The van der Waals surface area contributed by atoms with Crippen LogP contribution in [0.15, 0.2) is 24.3 Å². The number of aryl methyl sites for hydroxylation is 1. The number of aliphatic hydroxyl groups excluding tert-OH is 1. The van der Waals surface area contributed by atoms with Crippen LogP contribution < -0.4 is 10.5 Å². The molecule has 0 aliphatic heterocycles. The van der Waals surface area contributed by atoms with E-state index in [2.05, 4.69) is 19.1 Å². The van der Waals surface area contributed by atoms with Crippen LogP contribution in [-0.4, -0.2) is 17.9 Å². The van der Waals surface area contributed by atoms with Crippen LogP contribution in [0.1, 0.15) is 57.9 Å². The van der Waals surface area contributed by atoms with Crippen LogP contribution in [0.4, 0.5) is 0 Å². The summed E-state index contributed by atoms with van der Waals surface area (Å²) in [6.07, 6.45) is 7.41. The summed E-state index contributed by atoms with van der Waals surface area (Å²) < 4.78 is 5.75. The summed E-state index contributed by atoms with van der Waals surface area (Å²) in [5, 5.41) is 9.28. The highest BCUT2D eigenvalue weighted by Gasteiger charge is 2.08. The number of ether oxygens (including phenoxy) is 1. The Balaban J connectivity index is 2.21. The third-order valence-electron chi connectivity index (χ3n) is 3.91. The standard InChI is InChI=1S/C18H31NO2/c1-3-4-5-6-7-14-21-17-12-10-16(11-13-17)9-8-15(2)18(19)20/h10-13,15,18,20H,3-9,14,19H2,1-2H3. The number of rotatable bonds is 11. The molecule has 0 heterocycles. The van der Waals surface area contributed by atoms with Crippen molar-refractivity contribution in [2.45, 2.75) is 65.0 Å². The van der Waals surface area contributed by atoms with E-state index in [-0.39, 0.29) is 5.92 Å². The highest BCUT2D eigenvalue weighted by molar-refractivity contribution is 5.27. The first-order chi connectivity index (χ1) is 10.1. The van der Waals surface area contributed by atoms with E-state index in [1.54, 1.807) is 0 Å². The number of hydrogen-bond donors (Lipinski definition) is 2. The quantitative estimate of drug-likeness (QED) is 0.481. The maximum absolute atomic E-state index is 9.28. The minimum absolute atomic E-state index is 0.129. The van der Waals surface area contributed by atoms with Crippen LogP contribution >= 0.6 is 0 Å². The maximum atomic E-state index is 9.28. The highest BCUT2D eigenvalue weighted by Crippen LogP contribution is 2.16. The van der Waals surface area contributed by atoms with Gasteiger partial charge < -0.3 is 15.6 Å². The molecule has 1 aromatic carbocycles. The fourth-order valence-electron chi connectivity index (χ4n) is 2.21. The molecule has 0 saturated heterocycles. The van der Waals surface area contributed by atoms with Gasteiger partial charge in [0.2, 0.25) is 0 Å². The van der Waals surface area contributed by atoms with Gasteiger partial charge in [-0.1, -0.05) is 51.7 Å². The fourth-order valence-corrected chi connectivity index (χ4v) is 2.21. The second-order valence-corrected chi connectivity index (χ2v) is 5.91. The molecule has 0 amide bonds. The lowest BCUT2D eigenvalue weighted by atomic mass is 10.00. The summed E-state index contributed by atoms with van der Waals surface area (Å²) in [5.74, 6) is 1.07. The molecule has 0 bridgehead atoms. The zero-order chi connectivity index (χ0) is 15.5. The Morgan fingerprint density at radius 2 is 1.76 bits per heavy atom. The lowest BCUT2D eigenvalue weighted by Gasteiger charge is -2.14. The molecule has 120 valence electrons. The molecule has 2 atom stereocenters. The van der Waals surface area contributed by atoms with Crippen molar-refractivity contribution in [1.29, 1.82) is 0 Å². The number of benzene rings is 1. The lowest BCUT2D eigenvalue weighted by Crippen LogP contribution is -2.27.